The van der Waals surface area contributed by atoms with E-state index in [4.69, 9.17) is 4.74 Å². The molecule has 0 saturated carbocycles. The average molecular weight is 279 g/mol. The molecule has 1 aromatic heterocycles. The number of ether oxygens (including phenoxy) is 1. The minimum Gasteiger partial charge on any atom is -0.505 e. The van der Waals surface area contributed by atoms with Crippen molar-refractivity contribution in [2.24, 2.45) is 0 Å². The summed E-state index contributed by atoms with van der Waals surface area (Å²) in [6.45, 7) is 2.54. The number of hydrogen-bond acceptors (Lipinski definition) is 5. The van der Waals surface area contributed by atoms with Gasteiger partial charge in [0.1, 0.15) is 5.75 Å². The van der Waals surface area contributed by atoms with Crippen LogP contribution in [0.3, 0.4) is 0 Å². The van der Waals surface area contributed by atoms with Gasteiger partial charge in [-0.15, -0.1) is 0 Å². The maximum absolute atomic E-state index is 11.8. The molecule has 2 heterocycles. The summed E-state index contributed by atoms with van der Waals surface area (Å²) in [6.07, 6.45) is 2.86. The molecule has 1 fully saturated rings. The van der Waals surface area contributed by atoms with Gasteiger partial charge in [-0.25, -0.2) is 0 Å². The zero-order valence-electron chi connectivity index (χ0n) is 11.0. The number of amides is 2. The van der Waals surface area contributed by atoms with Crippen molar-refractivity contribution < 1.29 is 19.4 Å². The van der Waals surface area contributed by atoms with E-state index in [-0.39, 0.29) is 30.2 Å². The fraction of sp³-hybridized carbons (Fsp3) is 0.462. The van der Waals surface area contributed by atoms with Gasteiger partial charge in [0.2, 0.25) is 5.91 Å². The fourth-order valence-electron chi connectivity index (χ4n) is 1.93. The maximum Gasteiger partial charge on any atom is 0.255 e. The number of hydrogen-bond donors (Lipinski definition) is 2. The third-order valence-corrected chi connectivity index (χ3v) is 3.03. The first-order valence-electron chi connectivity index (χ1n) is 6.45. The number of morpholine rings is 1. The molecule has 1 saturated heterocycles. The highest BCUT2D eigenvalue weighted by Crippen LogP contribution is 2.13. The molecule has 0 unspecified atom stereocenters. The second-order valence-electron chi connectivity index (χ2n) is 4.39. The van der Waals surface area contributed by atoms with Crippen molar-refractivity contribution in [3.05, 3.63) is 24.0 Å². The Bertz CT molecular complexity index is 486. The monoisotopic (exact) mass is 279 g/mol. The highest BCUT2D eigenvalue weighted by Gasteiger charge is 2.17. The lowest BCUT2D eigenvalue weighted by Gasteiger charge is -2.26. The Morgan fingerprint density at radius 2 is 2.15 bits per heavy atom. The van der Waals surface area contributed by atoms with Gasteiger partial charge in [0.25, 0.3) is 5.91 Å². The van der Waals surface area contributed by atoms with Crippen LogP contribution >= 0.6 is 0 Å². The van der Waals surface area contributed by atoms with Gasteiger partial charge in [0.05, 0.1) is 25.0 Å². The molecule has 7 nitrogen and oxygen atoms in total. The summed E-state index contributed by atoms with van der Waals surface area (Å²) in [5, 5.41) is 12.1. The van der Waals surface area contributed by atoms with Crippen LogP contribution < -0.4 is 5.32 Å². The molecule has 2 N–H and O–H groups in total. The fourth-order valence-corrected chi connectivity index (χ4v) is 1.93. The number of aromatic nitrogens is 1. The van der Waals surface area contributed by atoms with E-state index in [0.29, 0.717) is 26.3 Å². The van der Waals surface area contributed by atoms with Gasteiger partial charge < -0.3 is 20.1 Å². The molecule has 108 valence electrons. The third kappa shape index (κ3) is 3.67. The molecule has 2 rings (SSSR count). The lowest BCUT2D eigenvalue weighted by atomic mass is 10.2. The van der Waals surface area contributed by atoms with Crippen molar-refractivity contribution in [1.29, 1.82) is 0 Å². The number of nitrogens with one attached hydrogen (secondary N) is 1. The van der Waals surface area contributed by atoms with Crippen molar-refractivity contribution in [1.82, 2.24) is 15.2 Å². The molecule has 1 aliphatic rings. The smallest absolute Gasteiger partial charge is 0.255 e. The molecular weight excluding hydrogens is 262 g/mol. The van der Waals surface area contributed by atoms with Crippen LogP contribution in [0, 0.1) is 0 Å². The van der Waals surface area contributed by atoms with Crippen LogP contribution in [0.1, 0.15) is 16.8 Å². The molecule has 2 amide bonds. The topological polar surface area (TPSA) is 91.8 Å². The number of rotatable bonds is 4. The minimum atomic E-state index is -0.417. The van der Waals surface area contributed by atoms with Crippen LogP contribution in [0.4, 0.5) is 0 Å². The number of pyridine rings is 1. The van der Waals surface area contributed by atoms with E-state index in [0.717, 1.165) is 0 Å². The first-order chi connectivity index (χ1) is 9.68. The Morgan fingerprint density at radius 3 is 2.85 bits per heavy atom. The predicted octanol–water partition coefficient (Wildman–Crippen LogP) is -0.234. The number of nitrogens with zero attached hydrogens (tertiary/aromatic N) is 2. The Labute approximate surface area is 116 Å². The van der Waals surface area contributed by atoms with Crippen molar-refractivity contribution >= 4 is 11.8 Å². The van der Waals surface area contributed by atoms with Gasteiger partial charge in [-0.3, -0.25) is 14.6 Å². The van der Waals surface area contributed by atoms with Gasteiger partial charge >= 0.3 is 0 Å². The van der Waals surface area contributed by atoms with Crippen molar-refractivity contribution in [3.63, 3.8) is 0 Å². The Balaban J connectivity index is 1.76. The summed E-state index contributed by atoms with van der Waals surface area (Å²) in [7, 11) is 0. The van der Waals surface area contributed by atoms with Gasteiger partial charge in [-0.2, -0.15) is 0 Å². The molecule has 0 aromatic carbocycles. The van der Waals surface area contributed by atoms with Crippen LogP contribution in [0.5, 0.6) is 5.75 Å². The first-order valence-corrected chi connectivity index (χ1v) is 6.45. The van der Waals surface area contributed by atoms with Crippen LogP contribution in [0.15, 0.2) is 18.5 Å². The van der Waals surface area contributed by atoms with E-state index < -0.39 is 5.91 Å². The maximum atomic E-state index is 11.8. The molecule has 1 aromatic rings. The molecule has 0 bridgehead atoms. The normalized spacial score (nSPS) is 14.9. The Kier molecular flexibility index (Phi) is 4.89. The van der Waals surface area contributed by atoms with E-state index in [2.05, 4.69) is 10.3 Å². The zero-order valence-corrected chi connectivity index (χ0v) is 11.0. The van der Waals surface area contributed by atoms with Gasteiger partial charge in [-0.1, -0.05) is 0 Å². The predicted molar refractivity (Wildman–Crippen MR) is 70.3 cm³/mol. The highest BCUT2D eigenvalue weighted by molar-refractivity contribution is 5.96. The molecule has 20 heavy (non-hydrogen) atoms. The van der Waals surface area contributed by atoms with Crippen molar-refractivity contribution in [3.8, 4) is 5.75 Å². The third-order valence-electron chi connectivity index (χ3n) is 3.03. The minimum absolute atomic E-state index is 0.00690. The van der Waals surface area contributed by atoms with Gasteiger partial charge in [0, 0.05) is 32.3 Å². The Hall–Kier alpha value is -2.15. The lowest BCUT2D eigenvalue weighted by molar-refractivity contribution is -0.135. The molecule has 0 aliphatic carbocycles. The number of carbonyl (C=O) groups excluding carboxylic acids is 2. The lowest BCUT2D eigenvalue weighted by Crippen LogP contribution is -2.42. The summed E-state index contributed by atoms with van der Waals surface area (Å²) in [6, 6.07) is 1.43. The van der Waals surface area contributed by atoms with Crippen molar-refractivity contribution in [2.75, 3.05) is 32.8 Å². The molecule has 1 aliphatic heterocycles. The highest BCUT2D eigenvalue weighted by atomic mass is 16.5. The summed E-state index contributed by atoms with van der Waals surface area (Å²) in [4.78, 5) is 29.0. The summed E-state index contributed by atoms with van der Waals surface area (Å²) < 4.78 is 5.17. The summed E-state index contributed by atoms with van der Waals surface area (Å²) in [5.41, 5.74) is 0.152. The average Bonchev–Trinajstić information content (AvgIpc) is 2.48. The molecular formula is C13H17N3O4. The van der Waals surface area contributed by atoms with Gasteiger partial charge in [-0.05, 0) is 6.07 Å². The summed E-state index contributed by atoms with van der Waals surface area (Å²) >= 11 is 0. The van der Waals surface area contributed by atoms with E-state index in [9.17, 15) is 14.7 Å². The molecule has 0 atom stereocenters. The molecule has 0 spiro atoms. The van der Waals surface area contributed by atoms with E-state index in [1.165, 1.54) is 18.5 Å². The number of carbonyl (C=O) groups is 2. The van der Waals surface area contributed by atoms with Crippen molar-refractivity contribution in [2.45, 2.75) is 6.42 Å². The standard InChI is InChI=1S/C13H17N3O4/c17-11-9-14-3-1-10(11)13(19)15-4-2-12(18)16-5-7-20-8-6-16/h1,3,9,17H,2,4-8H2,(H,15,19). The second kappa shape index (κ2) is 6.85. The Morgan fingerprint density at radius 1 is 1.40 bits per heavy atom. The largest absolute Gasteiger partial charge is 0.505 e. The van der Waals surface area contributed by atoms with E-state index in [1.807, 2.05) is 0 Å². The van der Waals surface area contributed by atoms with Crippen LogP contribution in [0.25, 0.3) is 0 Å². The second-order valence-corrected chi connectivity index (χ2v) is 4.39. The summed E-state index contributed by atoms with van der Waals surface area (Å²) in [5.74, 6) is -0.600. The van der Waals surface area contributed by atoms with E-state index in [1.54, 1.807) is 4.90 Å². The quantitative estimate of drug-likeness (QED) is 0.794. The molecule has 0 radical (unpaired) electrons. The molecule has 7 heteroatoms. The van der Waals surface area contributed by atoms with Crippen LogP contribution in [0.2, 0.25) is 0 Å². The SMILES string of the molecule is O=C(NCCC(=O)N1CCOCC1)c1ccncc1O. The van der Waals surface area contributed by atoms with E-state index >= 15 is 0 Å². The number of aromatic hydroxyl groups is 1. The van der Waals surface area contributed by atoms with Crippen LogP contribution in [-0.4, -0.2) is 59.7 Å². The van der Waals surface area contributed by atoms with Gasteiger partial charge in [0.15, 0.2) is 0 Å². The first kappa shape index (κ1) is 14.3. The van der Waals surface area contributed by atoms with Crippen LogP contribution in [-0.2, 0) is 9.53 Å². The zero-order chi connectivity index (χ0) is 14.4.